The molecule has 0 aliphatic heterocycles. The number of imidazole rings is 1. The smallest absolute Gasteiger partial charge is 0.201 e. The summed E-state index contributed by atoms with van der Waals surface area (Å²) in [5.74, 6) is 0.879. The van der Waals surface area contributed by atoms with E-state index in [2.05, 4.69) is 23.8 Å². The zero-order valence-electron chi connectivity index (χ0n) is 8.71. The number of aromatic nitrogens is 2. The second-order valence-corrected chi connectivity index (χ2v) is 4.91. The minimum absolute atomic E-state index is 0.177. The highest BCUT2D eigenvalue weighted by atomic mass is 16.1. The van der Waals surface area contributed by atoms with Crippen molar-refractivity contribution in [3.05, 3.63) is 18.2 Å². The molecule has 1 heterocycles. The molecule has 0 spiro atoms. The SMILES string of the molecule is CC1(C)CCC(C(=O)c2ncc[nH]2)C1. The molecule has 1 aliphatic rings. The van der Waals surface area contributed by atoms with Crippen LogP contribution >= 0.6 is 0 Å². The first kappa shape index (κ1) is 9.44. The summed E-state index contributed by atoms with van der Waals surface area (Å²) >= 11 is 0. The Bertz CT molecular complexity index is 327. The fourth-order valence-corrected chi connectivity index (χ4v) is 2.25. The van der Waals surface area contributed by atoms with E-state index in [4.69, 9.17) is 0 Å². The summed E-state index contributed by atoms with van der Waals surface area (Å²) in [5.41, 5.74) is 0.326. The van der Waals surface area contributed by atoms with Crippen molar-refractivity contribution in [1.29, 1.82) is 0 Å². The van der Waals surface area contributed by atoms with Crippen molar-refractivity contribution in [2.75, 3.05) is 0 Å². The predicted molar refractivity (Wildman–Crippen MR) is 54.0 cm³/mol. The molecule has 0 saturated heterocycles. The molecule has 2 rings (SSSR count). The van der Waals surface area contributed by atoms with Gasteiger partial charge >= 0.3 is 0 Å². The first-order chi connectivity index (χ1) is 6.58. The Morgan fingerprint density at radius 1 is 1.64 bits per heavy atom. The van der Waals surface area contributed by atoms with Crippen LogP contribution in [0.25, 0.3) is 0 Å². The van der Waals surface area contributed by atoms with Gasteiger partial charge in [0.2, 0.25) is 5.78 Å². The average Bonchev–Trinajstić information content (AvgIpc) is 2.72. The molecule has 1 N–H and O–H groups in total. The Labute approximate surface area is 83.9 Å². The highest BCUT2D eigenvalue weighted by molar-refractivity contribution is 5.94. The van der Waals surface area contributed by atoms with Gasteiger partial charge in [0, 0.05) is 18.3 Å². The molecule has 0 amide bonds. The van der Waals surface area contributed by atoms with Crippen molar-refractivity contribution in [1.82, 2.24) is 9.97 Å². The summed E-state index contributed by atoms with van der Waals surface area (Å²) in [5, 5.41) is 0. The lowest BCUT2D eigenvalue weighted by molar-refractivity contribution is 0.0905. The number of hydrogen-bond acceptors (Lipinski definition) is 2. The van der Waals surface area contributed by atoms with E-state index in [1.807, 2.05) is 0 Å². The summed E-state index contributed by atoms with van der Waals surface area (Å²) in [6.45, 7) is 4.45. The molecule has 1 fully saturated rings. The molecular formula is C11H16N2O. The minimum atomic E-state index is 0.177. The van der Waals surface area contributed by atoms with Crippen molar-refractivity contribution in [2.45, 2.75) is 33.1 Å². The number of nitrogens with zero attached hydrogens (tertiary/aromatic N) is 1. The normalized spacial score (nSPS) is 25.1. The molecule has 3 nitrogen and oxygen atoms in total. The lowest BCUT2D eigenvalue weighted by Gasteiger charge is -2.15. The highest BCUT2D eigenvalue weighted by Gasteiger charge is 2.35. The number of nitrogens with one attached hydrogen (secondary N) is 1. The Balaban J connectivity index is 2.08. The summed E-state index contributed by atoms with van der Waals surface area (Å²) < 4.78 is 0. The predicted octanol–water partition coefficient (Wildman–Crippen LogP) is 2.42. The van der Waals surface area contributed by atoms with Gasteiger partial charge in [0.05, 0.1) is 0 Å². The van der Waals surface area contributed by atoms with E-state index in [-0.39, 0.29) is 11.7 Å². The third-order valence-electron chi connectivity index (χ3n) is 3.07. The van der Waals surface area contributed by atoms with Gasteiger partial charge in [-0.05, 0) is 24.7 Å². The number of carbonyl (C=O) groups is 1. The highest BCUT2D eigenvalue weighted by Crippen LogP contribution is 2.41. The molecule has 1 saturated carbocycles. The van der Waals surface area contributed by atoms with Gasteiger partial charge in [-0.2, -0.15) is 0 Å². The molecule has 14 heavy (non-hydrogen) atoms. The van der Waals surface area contributed by atoms with Gasteiger partial charge in [0.1, 0.15) is 0 Å². The van der Waals surface area contributed by atoms with Gasteiger partial charge in [-0.1, -0.05) is 13.8 Å². The van der Waals surface area contributed by atoms with Gasteiger partial charge in [-0.25, -0.2) is 4.98 Å². The lowest BCUT2D eigenvalue weighted by atomic mass is 9.89. The van der Waals surface area contributed by atoms with Crippen molar-refractivity contribution in [3.63, 3.8) is 0 Å². The topological polar surface area (TPSA) is 45.8 Å². The molecule has 0 aromatic carbocycles. The largest absolute Gasteiger partial charge is 0.342 e. The molecule has 1 aliphatic carbocycles. The number of ketones is 1. The van der Waals surface area contributed by atoms with Crippen molar-refractivity contribution in [3.8, 4) is 0 Å². The maximum absolute atomic E-state index is 11.9. The van der Waals surface area contributed by atoms with E-state index < -0.39 is 0 Å². The van der Waals surface area contributed by atoms with Crippen LogP contribution in [0, 0.1) is 11.3 Å². The van der Waals surface area contributed by atoms with Crippen molar-refractivity contribution >= 4 is 5.78 Å². The van der Waals surface area contributed by atoms with E-state index >= 15 is 0 Å². The van der Waals surface area contributed by atoms with Crippen LogP contribution in [0.3, 0.4) is 0 Å². The zero-order valence-corrected chi connectivity index (χ0v) is 8.71. The van der Waals surface area contributed by atoms with E-state index in [0.717, 1.165) is 19.3 Å². The molecule has 76 valence electrons. The van der Waals surface area contributed by atoms with Gasteiger partial charge in [0.15, 0.2) is 5.82 Å². The van der Waals surface area contributed by atoms with E-state index in [0.29, 0.717) is 11.2 Å². The second-order valence-electron chi connectivity index (χ2n) is 4.91. The summed E-state index contributed by atoms with van der Waals surface area (Å²) in [7, 11) is 0. The molecule has 1 atom stereocenters. The monoisotopic (exact) mass is 192 g/mol. The summed E-state index contributed by atoms with van der Waals surface area (Å²) in [6.07, 6.45) is 6.48. The maximum Gasteiger partial charge on any atom is 0.201 e. The fourth-order valence-electron chi connectivity index (χ4n) is 2.25. The molecule has 1 aromatic rings. The lowest BCUT2D eigenvalue weighted by Crippen LogP contribution is -2.15. The van der Waals surface area contributed by atoms with Crippen LogP contribution in [-0.2, 0) is 0 Å². The molecular weight excluding hydrogens is 176 g/mol. The standard InChI is InChI=1S/C11H16N2O/c1-11(2)4-3-8(7-11)9(14)10-12-5-6-13-10/h5-6,8H,3-4,7H2,1-2H3,(H,12,13). The fraction of sp³-hybridized carbons (Fsp3) is 0.636. The van der Waals surface area contributed by atoms with Crippen LogP contribution in [0.5, 0.6) is 0 Å². The number of hydrogen-bond donors (Lipinski definition) is 1. The summed E-state index contributed by atoms with van der Waals surface area (Å²) in [6, 6.07) is 0. The quantitative estimate of drug-likeness (QED) is 0.731. The minimum Gasteiger partial charge on any atom is -0.342 e. The van der Waals surface area contributed by atoms with E-state index in [9.17, 15) is 4.79 Å². The zero-order chi connectivity index (χ0) is 10.2. The van der Waals surface area contributed by atoms with Gasteiger partial charge in [-0.15, -0.1) is 0 Å². The van der Waals surface area contributed by atoms with Crippen LogP contribution in [0.2, 0.25) is 0 Å². The first-order valence-electron chi connectivity index (χ1n) is 5.12. The molecule has 3 heteroatoms. The third kappa shape index (κ3) is 1.72. The molecule has 0 radical (unpaired) electrons. The Morgan fingerprint density at radius 2 is 2.43 bits per heavy atom. The van der Waals surface area contributed by atoms with Crippen molar-refractivity contribution in [2.24, 2.45) is 11.3 Å². The van der Waals surface area contributed by atoms with Crippen molar-refractivity contribution < 1.29 is 4.79 Å². The number of carbonyl (C=O) groups excluding carboxylic acids is 1. The molecule has 1 aromatic heterocycles. The van der Waals surface area contributed by atoms with E-state index in [1.54, 1.807) is 12.4 Å². The Hall–Kier alpha value is -1.12. The summed E-state index contributed by atoms with van der Waals surface area (Å²) in [4.78, 5) is 18.8. The first-order valence-corrected chi connectivity index (χ1v) is 5.12. The van der Waals surface area contributed by atoms with Crippen LogP contribution in [0.15, 0.2) is 12.4 Å². The average molecular weight is 192 g/mol. The number of aromatic amines is 1. The van der Waals surface area contributed by atoms with Crippen LogP contribution in [0.1, 0.15) is 43.7 Å². The van der Waals surface area contributed by atoms with Gasteiger partial charge < -0.3 is 4.98 Å². The Kier molecular flexibility index (Phi) is 2.17. The Morgan fingerprint density at radius 3 is 2.93 bits per heavy atom. The van der Waals surface area contributed by atoms with Crippen LogP contribution in [-0.4, -0.2) is 15.8 Å². The van der Waals surface area contributed by atoms with Gasteiger partial charge in [-0.3, -0.25) is 4.79 Å². The third-order valence-corrected chi connectivity index (χ3v) is 3.07. The molecule has 0 bridgehead atoms. The second kappa shape index (κ2) is 3.23. The maximum atomic E-state index is 11.9. The number of H-pyrrole nitrogens is 1. The number of Topliss-reactive ketones (excluding diaryl/α,β-unsaturated/α-hetero) is 1. The van der Waals surface area contributed by atoms with Crippen LogP contribution in [0.4, 0.5) is 0 Å². The van der Waals surface area contributed by atoms with E-state index in [1.165, 1.54) is 0 Å². The molecule has 1 unspecified atom stereocenters. The van der Waals surface area contributed by atoms with Gasteiger partial charge in [0.25, 0.3) is 0 Å². The van der Waals surface area contributed by atoms with Crippen LogP contribution < -0.4 is 0 Å². The number of rotatable bonds is 2.